The van der Waals surface area contributed by atoms with E-state index in [0.717, 1.165) is 25.5 Å². The maximum Gasteiger partial charge on any atom is 0.146 e. The van der Waals surface area contributed by atoms with Crippen LogP contribution in [0.5, 0.6) is 0 Å². The summed E-state index contributed by atoms with van der Waals surface area (Å²) in [6, 6.07) is 4.79. The third kappa shape index (κ3) is 1.68. The first-order valence-corrected chi connectivity index (χ1v) is 6.53. The molecule has 1 aliphatic rings. The Morgan fingerprint density at radius 1 is 1.50 bits per heavy atom. The summed E-state index contributed by atoms with van der Waals surface area (Å²) in [4.78, 5) is 6.93. The van der Waals surface area contributed by atoms with Crippen molar-refractivity contribution in [3.8, 4) is 0 Å². The molecule has 1 atom stereocenters. The molecule has 2 aromatic heterocycles. The fourth-order valence-electron chi connectivity index (χ4n) is 2.23. The van der Waals surface area contributed by atoms with E-state index >= 15 is 0 Å². The Hall–Kier alpha value is -1.13. The third-order valence-electron chi connectivity index (χ3n) is 3.02. The largest absolute Gasteiger partial charge is 0.353 e. The average molecular weight is 233 g/mol. The highest BCUT2D eigenvalue weighted by molar-refractivity contribution is 7.17. The zero-order valence-corrected chi connectivity index (χ0v) is 10.1. The first-order valence-electron chi connectivity index (χ1n) is 5.65. The minimum Gasteiger partial charge on any atom is -0.353 e. The van der Waals surface area contributed by atoms with Gasteiger partial charge >= 0.3 is 0 Å². The van der Waals surface area contributed by atoms with Crippen LogP contribution in [0.15, 0.2) is 23.7 Å². The summed E-state index contributed by atoms with van der Waals surface area (Å²) >= 11 is 1.78. The van der Waals surface area contributed by atoms with Gasteiger partial charge in [-0.3, -0.25) is 0 Å². The van der Waals surface area contributed by atoms with Crippen LogP contribution in [0.1, 0.15) is 6.92 Å². The lowest BCUT2D eigenvalue weighted by molar-refractivity contribution is 0.483. The van der Waals surface area contributed by atoms with Crippen molar-refractivity contribution in [2.75, 3.05) is 24.5 Å². The van der Waals surface area contributed by atoms with Crippen LogP contribution < -0.4 is 10.2 Å². The highest BCUT2D eigenvalue weighted by atomic mass is 32.1. The van der Waals surface area contributed by atoms with Crippen molar-refractivity contribution in [2.24, 2.45) is 0 Å². The molecule has 1 aliphatic heterocycles. The molecular formula is C12H15N3S. The van der Waals surface area contributed by atoms with Gasteiger partial charge in [0.25, 0.3) is 0 Å². The van der Waals surface area contributed by atoms with Crippen molar-refractivity contribution < 1.29 is 0 Å². The van der Waals surface area contributed by atoms with Crippen LogP contribution in [0.2, 0.25) is 0 Å². The van der Waals surface area contributed by atoms with Gasteiger partial charge in [0.15, 0.2) is 0 Å². The van der Waals surface area contributed by atoms with Gasteiger partial charge in [-0.25, -0.2) is 4.98 Å². The molecule has 4 heteroatoms. The number of thiophene rings is 1. The molecule has 3 nitrogen and oxygen atoms in total. The Balaban J connectivity index is 2.01. The summed E-state index contributed by atoms with van der Waals surface area (Å²) in [5.74, 6) is 1.15. The van der Waals surface area contributed by atoms with E-state index < -0.39 is 0 Å². The average Bonchev–Trinajstić information content (AvgIpc) is 2.76. The summed E-state index contributed by atoms with van der Waals surface area (Å²) in [5.41, 5.74) is 0. The van der Waals surface area contributed by atoms with Gasteiger partial charge in [-0.15, -0.1) is 11.3 Å². The maximum absolute atomic E-state index is 4.55. The number of fused-ring (bicyclic) bond motifs is 1. The number of pyridine rings is 1. The number of aromatic nitrogens is 1. The number of hydrogen-bond acceptors (Lipinski definition) is 4. The molecule has 0 aliphatic carbocycles. The van der Waals surface area contributed by atoms with Gasteiger partial charge < -0.3 is 10.2 Å². The highest BCUT2D eigenvalue weighted by Gasteiger charge is 2.18. The molecule has 16 heavy (non-hydrogen) atoms. The highest BCUT2D eigenvalue weighted by Crippen LogP contribution is 2.29. The van der Waals surface area contributed by atoms with Gasteiger partial charge in [-0.1, -0.05) is 0 Å². The summed E-state index contributed by atoms with van der Waals surface area (Å²) in [7, 11) is 0. The minimum atomic E-state index is 0.547. The Labute approximate surface area is 99.1 Å². The molecule has 1 N–H and O–H groups in total. The van der Waals surface area contributed by atoms with Crippen molar-refractivity contribution in [1.29, 1.82) is 0 Å². The minimum absolute atomic E-state index is 0.547. The zero-order chi connectivity index (χ0) is 11.0. The predicted molar refractivity (Wildman–Crippen MR) is 69.3 cm³/mol. The second kappa shape index (κ2) is 4.03. The van der Waals surface area contributed by atoms with Crippen LogP contribution in [0.4, 0.5) is 5.82 Å². The van der Waals surface area contributed by atoms with Gasteiger partial charge in [-0.05, 0) is 29.8 Å². The zero-order valence-electron chi connectivity index (χ0n) is 9.31. The van der Waals surface area contributed by atoms with E-state index in [9.17, 15) is 0 Å². The van der Waals surface area contributed by atoms with Gasteiger partial charge in [0.2, 0.25) is 0 Å². The molecular weight excluding hydrogens is 218 g/mol. The molecule has 0 aromatic carbocycles. The number of hydrogen-bond donors (Lipinski definition) is 1. The normalized spacial score (nSPS) is 21.6. The summed E-state index contributed by atoms with van der Waals surface area (Å²) in [6.45, 7) is 5.36. The third-order valence-corrected chi connectivity index (χ3v) is 3.94. The monoisotopic (exact) mass is 233 g/mol. The lowest BCUT2D eigenvalue weighted by atomic mass is 10.2. The van der Waals surface area contributed by atoms with Gasteiger partial charge in [0.1, 0.15) is 5.82 Å². The Morgan fingerprint density at radius 3 is 3.31 bits per heavy atom. The second-order valence-electron chi connectivity index (χ2n) is 4.27. The molecule has 1 unspecified atom stereocenters. The Kier molecular flexibility index (Phi) is 2.53. The number of nitrogens with one attached hydrogen (secondary N) is 1. The first-order chi connectivity index (χ1) is 7.84. The topological polar surface area (TPSA) is 28.2 Å². The van der Waals surface area contributed by atoms with E-state index in [1.807, 2.05) is 6.20 Å². The number of rotatable bonds is 1. The van der Waals surface area contributed by atoms with Crippen molar-refractivity contribution in [1.82, 2.24) is 10.3 Å². The van der Waals surface area contributed by atoms with Crippen LogP contribution in [0, 0.1) is 0 Å². The molecule has 0 radical (unpaired) electrons. The molecule has 0 amide bonds. The van der Waals surface area contributed by atoms with E-state index in [1.165, 1.54) is 10.1 Å². The standard InChI is InChI=1S/C12H15N3S/c1-9-8-15(6-5-13-9)12-11-10(2-4-14-12)3-7-16-11/h2-4,7,9,13H,5-6,8H2,1H3. The lowest BCUT2D eigenvalue weighted by Gasteiger charge is -2.32. The predicted octanol–water partition coefficient (Wildman–Crippen LogP) is 2.09. The maximum atomic E-state index is 4.55. The van der Waals surface area contributed by atoms with Gasteiger partial charge in [0, 0.05) is 31.9 Å². The van der Waals surface area contributed by atoms with E-state index in [1.54, 1.807) is 11.3 Å². The molecule has 1 saturated heterocycles. The van der Waals surface area contributed by atoms with Crippen molar-refractivity contribution in [2.45, 2.75) is 13.0 Å². The van der Waals surface area contributed by atoms with Crippen LogP contribution in [-0.2, 0) is 0 Å². The van der Waals surface area contributed by atoms with E-state index in [4.69, 9.17) is 0 Å². The second-order valence-corrected chi connectivity index (χ2v) is 5.19. The van der Waals surface area contributed by atoms with Gasteiger partial charge in [-0.2, -0.15) is 0 Å². The quantitative estimate of drug-likeness (QED) is 0.817. The SMILES string of the molecule is CC1CN(c2nccc3ccsc23)CCN1. The molecule has 1 fully saturated rings. The summed E-state index contributed by atoms with van der Waals surface area (Å²) < 4.78 is 1.32. The van der Waals surface area contributed by atoms with Crippen LogP contribution in [0.3, 0.4) is 0 Å². The smallest absolute Gasteiger partial charge is 0.146 e. The van der Waals surface area contributed by atoms with E-state index in [0.29, 0.717) is 6.04 Å². The molecule has 84 valence electrons. The summed E-state index contributed by atoms with van der Waals surface area (Å²) in [6.07, 6.45) is 1.91. The fraction of sp³-hybridized carbons (Fsp3) is 0.417. The number of nitrogens with zero attached hydrogens (tertiary/aromatic N) is 2. The fourth-order valence-corrected chi connectivity index (χ4v) is 3.14. The van der Waals surface area contributed by atoms with Crippen molar-refractivity contribution >= 4 is 27.2 Å². The van der Waals surface area contributed by atoms with Crippen LogP contribution >= 0.6 is 11.3 Å². The number of anilines is 1. The molecule has 0 bridgehead atoms. The molecule has 3 heterocycles. The molecule has 0 saturated carbocycles. The van der Waals surface area contributed by atoms with Crippen molar-refractivity contribution in [3.05, 3.63) is 23.7 Å². The lowest BCUT2D eigenvalue weighted by Crippen LogP contribution is -2.49. The number of piperazine rings is 1. The summed E-state index contributed by atoms with van der Waals surface area (Å²) in [5, 5.41) is 6.90. The molecule has 3 rings (SSSR count). The van der Waals surface area contributed by atoms with E-state index in [2.05, 4.69) is 39.6 Å². The van der Waals surface area contributed by atoms with E-state index in [-0.39, 0.29) is 0 Å². The van der Waals surface area contributed by atoms with Crippen LogP contribution in [-0.4, -0.2) is 30.7 Å². The Morgan fingerprint density at radius 2 is 2.44 bits per heavy atom. The van der Waals surface area contributed by atoms with Gasteiger partial charge in [0.05, 0.1) is 4.70 Å². The first kappa shape index (κ1) is 10.1. The van der Waals surface area contributed by atoms with Crippen LogP contribution in [0.25, 0.3) is 10.1 Å². The molecule has 2 aromatic rings. The molecule has 0 spiro atoms. The van der Waals surface area contributed by atoms with Crippen molar-refractivity contribution in [3.63, 3.8) is 0 Å². The Bertz CT molecular complexity index is 494.